The number of rotatable bonds is 7. The molecule has 158 valence electrons. The van der Waals surface area contributed by atoms with Crippen LogP contribution in [-0.4, -0.2) is 26.9 Å². The maximum Gasteiger partial charge on any atom is 0.217 e. The van der Waals surface area contributed by atoms with Crippen LogP contribution in [0.2, 0.25) is 0 Å². The third-order valence-corrected chi connectivity index (χ3v) is 5.86. The lowest BCUT2D eigenvalue weighted by Crippen LogP contribution is -2.29. The van der Waals surface area contributed by atoms with E-state index in [2.05, 4.69) is 15.7 Å². The molecular formula is C22H33N5O2. The molecule has 2 heterocycles. The second-order valence-corrected chi connectivity index (χ2v) is 7.93. The number of imidazole rings is 1. The first-order chi connectivity index (χ1) is 14.2. The highest BCUT2D eigenvalue weighted by Crippen LogP contribution is 2.41. The van der Waals surface area contributed by atoms with Crippen molar-refractivity contribution in [3.05, 3.63) is 29.7 Å². The molecule has 2 amide bonds. The standard InChI is InChI=1S/C20H27N5O2.C2H6/c1-13(27)23-19(15-7-8-15)16-9-18-24-17(11-25(18)22-10-16)20(21-12-26)14-5-3-2-4-6-14;1-2/h9-12,14-15,19-20H,2-8H2,1H3,(H,21,26)(H,23,27);1-2H3. The summed E-state index contributed by atoms with van der Waals surface area (Å²) < 4.78 is 1.76. The van der Waals surface area contributed by atoms with Crippen LogP contribution >= 0.6 is 0 Å². The Kier molecular flexibility index (Phi) is 7.23. The molecule has 2 aliphatic rings. The summed E-state index contributed by atoms with van der Waals surface area (Å²) in [5.74, 6) is 0.884. The first-order valence-corrected chi connectivity index (χ1v) is 11.0. The van der Waals surface area contributed by atoms with Crippen molar-refractivity contribution in [1.82, 2.24) is 25.2 Å². The lowest BCUT2D eigenvalue weighted by molar-refractivity contribution is -0.119. The molecule has 0 aliphatic heterocycles. The lowest BCUT2D eigenvalue weighted by atomic mass is 9.83. The first kappa shape index (κ1) is 21.3. The van der Waals surface area contributed by atoms with E-state index in [-0.39, 0.29) is 18.0 Å². The van der Waals surface area contributed by atoms with Crippen molar-refractivity contribution in [1.29, 1.82) is 0 Å². The second-order valence-electron chi connectivity index (χ2n) is 7.93. The highest BCUT2D eigenvalue weighted by molar-refractivity contribution is 5.73. The number of nitrogens with one attached hydrogen (secondary N) is 2. The van der Waals surface area contributed by atoms with Gasteiger partial charge in [-0.2, -0.15) is 5.10 Å². The quantitative estimate of drug-likeness (QED) is 0.695. The zero-order valence-electron chi connectivity index (χ0n) is 17.7. The summed E-state index contributed by atoms with van der Waals surface area (Å²) in [6.45, 7) is 5.55. The predicted molar refractivity (Wildman–Crippen MR) is 112 cm³/mol. The van der Waals surface area contributed by atoms with Gasteiger partial charge in [-0.15, -0.1) is 0 Å². The van der Waals surface area contributed by atoms with Crippen LogP contribution in [0, 0.1) is 11.8 Å². The highest BCUT2D eigenvalue weighted by Gasteiger charge is 2.33. The molecule has 7 heteroatoms. The molecule has 2 aliphatic carbocycles. The molecule has 0 spiro atoms. The Hall–Kier alpha value is -2.44. The van der Waals surface area contributed by atoms with Crippen LogP contribution < -0.4 is 10.6 Å². The van der Waals surface area contributed by atoms with Gasteiger partial charge in [0.25, 0.3) is 0 Å². The second kappa shape index (κ2) is 9.85. The molecular weight excluding hydrogens is 366 g/mol. The first-order valence-electron chi connectivity index (χ1n) is 11.0. The van der Waals surface area contributed by atoms with Gasteiger partial charge in [0.15, 0.2) is 5.65 Å². The van der Waals surface area contributed by atoms with Crippen LogP contribution in [0.25, 0.3) is 5.65 Å². The van der Waals surface area contributed by atoms with Gasteiger partial charge < -0.3 is 10.6 Å². The Morgan fingerprint density at radius 1 is 1.14 bits per heavy atom. The van der Waals surface area contributed by atoms with Crippen LogP contribution in [0.4, 0.5) is 0 Å². The topological polar surface area (TPSA) is 88.4 Å². The van der Waals surface area contributed by atoms with Gasteiger partial charge in [-0.1, -0.05) is 33.1 Å². The number of carbonyl (C=O) groups is 2. The Morgan fingerprint density at radius 3 is 2.45 bits per heavy atom. The Labute approximate surface area is 172 Å². The molecule has 0 bridgehead atoms. The van der Waals surface area contributed by atoms with Crippen LogP contribution in [0.1, 0.15) is 89.1 Å². The molecule has 2 saturated carbocycles. The van der Waals surface area contributed by atoms with Crippen molar-refractivity contribution < 1.29 is 9.59 Å². The third kappa shape index (κ3) is 5.14. The van der Waals surface area contributed by atoms with Crippen LogP contribution in [0.15, 0.2) is 18.5 Å². The van der Waals surface area contributed by atoms with Gasteiger partial charge in [-0.3, -0.25) is 9.59 Å². The summed E-state index contributed by atoms with van der Waals surface area (Å²) in [7, 11) is 0. The monoisotopic (exact) mass is 399 g/mol. The maximum absolute atomic E-state index is 11.6. The van der Waals surface area contributed by atoms with Crippen molar-refractivity contribution in [2.45, 2.75) is 77.8 Å². The number of hydrogen-bond donors (Lipinski definition) is 2. The summed E-state index contributed by atoms with van der Waals surface area (Å²) in [5, 5.41) is 10.5. The SMILES string of the molecule is CC.CC(=O)NC(c1cnn2cc(C(NC=O)C3CCCCC3)nc2c1)C1CC1. The van der Waals surface area contributed by atoms with Crippen LogP contribution in [-0.2, 0) is 9.59 Å². The minimum absolute atomic E-state index is 0.00221. The fraction of sp³-hybridized carbons (Fsp3) is 0.636. The summed E-state index contributed by atoms with van der Waals surface area (Å²) in [4.78, 5) is 27.5. The largest absolute Gasteiger partial charge is 0.350 e. The molecule has 2 aromatic rings. The molecule has 2 fully saturated rings. The van der Waals surface area contributed by atoms with E-state index in [0.717, 1.165) is 49.0 Å². The smallest absolute Gasteiger partial charge is 0.217 e. The van der Waals surface area contributed by atoms with E-state index in [1.54, 1.807) is 11.4 Å². The summed E-state index contributed by atoms with van der Waals surface area (Å²) in [6.07, 6.45) is 12.7. The van der Waals surface area contributed by atoms with E-state index in [0.29, 0.717) is 11.8 Å². The average Bonchev–Trinajstić information content (AvgIpc) is 3.50. The molecule has 0 aromatic carbocycles. The van der Waals surface area contributed by atoms with E-state index in [1.165, 1.54) is 19.3 Å². The van der Waals surface area contributed by atoms with Gasteiger partial charge in [0, 0.05) is 6.92 Å². The summed E-state index contributed by atoms with van der Waals surface area (Å²) >= 11 is 0. The van der Waals surface area contributed by atoms with Gasteiger partial charge >= 0.3 is 0 Å². The van der Waals surface area contributed by atoms with Gasteiger partial charge in [0.05, 0.1) is 30.2 Å². The molecule has 29 heavy (non-hydrogen) atoms. The van der Waals surface area contributed by atoms with E-state index >= 15 is 0 Å². The molecule has 2 unspecified atom stereocenters. The van der Waals surface area contributed by atoms with E-state index in [9.17, 15) is 9.59 Å². The molecule has 7 nitrogen and oxygen atoms in total. The van der Waals surface area contributed by atoms with Gasteiger partial charge in [-0.25, -0.2) is 9.50 Å². The average molecular weight is 400 g/mol. The van der Waals surface area contributed by atoms with Crippen molar-refractivity contribution in [2.75, 3.05) is 0 Å². The molecule has 0 saturated heterocycles. The number of hydrogen-bond acceptors (Lipinski definition) is 4. The number of amides is 2. The zero-order valence-corrected chi connectivity index (χ0v) is 17.7. The number of nitrogens with zero attached hydrogens (tertiary/aromatic N) is 3. The fourth-order valence-electron chi connectivity index (χ4n) is 4.36. The van der Waals surface area contributed by atoms with Gasteiger partial charge in [0.2, 0.25) is 12.3 Å². The number of carbonyl (C=O) groups excluding carboxylic acids is 2. The normalized spacial score (nSPS) is 19.0. The number of fused-ring (bicyclic) bond motifs is 1. The van der Waals surface area contributed by atoms with Crippen molar-refractivity contribution in [3.8, 4) is 0 Å². The Morgan fingerprint density at radius 2 is 1.83 bits per heavy atom. The van der Waals surface area contributed by atoms with Crippen molar-refractivity contribution in [3.63, 3.8) is 0 Å². The lowest BCUT2D eigenvalue weighted by Gasteiger charge is -2.28. The molecule has 2 atom stereocenters. The van der Waals surface area contributed by atoms with E-state index < -0.39 is 0 Å². The Balaban J connectivity index is 0.00000117. The van der Waals surface area contributed by atoms with Crippen LogP contribution in [0.5, 0.6) is 0 Å². The summed E-state index contributed by atoms with van der Waals surface area (Å²) in [6, 6.07) is 1.94. The maximum atomic E-state index is 11.6. The minimum atomic E-state index is -0.0671. The molecule has 0 radical (unpaired) electrons. The predicted octanol–water partition coefficient (Wildman–Crippen LogP) is 3.71. The van der Waals surface area contributed by atoms with Crippen LogP contribution in [0.3, 0.4) is 0 Å². The van der Waals surface area contributed by atoms with E-state index in [4.69, 9.17) is 4.98 Å². The summed E-state index contributed by atoms with van der Waals surface area (Å²) in [5.41, 5.74) is 2.61. The Bertz CT molecular complexity index is 824. The molecule has 4 rings (SSSR count). The highest BCUT2D eigenvalue weighted by atomic mass is 16.1. The van der Waals surface area contributed by atoms with Gasteiger partial charge in [0.1, 0.15) is 0 Å². The molecule has 2 N–H and O–H groups in total. The van der Waals surface area contributed by atoms with Gasteiger partial charge in [-0.05, 0) is 49.1 Å². The number of aromatic nitrogens is 3. The minimum Gasteiger partial charge on any atom is -0.350 e. The fourth-order valence-corrected chi connectivity index (χ4v) is 4.36. The van der Waals surface area contributed by atoms with Crippen molar-refractivity contribution in [2.24, 2.45) is 11.8 Å². The zero-order chi connectivity index (χ0) is 20.8. The van der Waals surface area contributed by atoms with E-state index in [1.807, 2.05) is 32.3 Å². The third-order valence-electron chi connectivity index (χ3n) is 5.86. The van der Waals surface area contributed by atoms with Crippen molar-refractivity contribution >= 4 is 18.0 Å². The molecule has 2 aromatic heterocycles.